The predicted molar refractivity (Wildman–Crippen MR) is 63.4 cm³/mol. The van der Waals surface area contributed by atoms with Crippen LogP contribution in [0.25, 0.3) is 0 Å². The molecule has 0 amide bonds. The molecule has 2 rings (SSSR count). The number of anilines is 1. The van der Waals surface area contributed by atoms with Crippen LogP contribution in [0.15, 0.2) is 24.7 Å². The highest BCUT2D eigenvalue weighted by molar-refractivity contribution is 7.15. The number of nitrogens with one attached hydrogen (secondary N) is 1. The van der Waals surface area contributed by atoms with Gasteiger partial charge in [0.2, 0.25) is 0 Å². The topological polar surface area (TPSA) is 37.8 Å². The zero-order valence-corrected chi connectivity index (χ0v) is 9.77. The average Bonchev–Trinajstić information content (AvgIpc) is 2.62. The zero-order chi connectivity index (χ0) is 10.7. The van der Waals surface area contributed by atoms with E-state index < -0.39 is 0 Å². The highest BCUT2D eigenvalue weighted by atomic mass is 35.5. The van der Waals surface area contributed by atoms with Crippen molar-refractivity contribution in [1.82, 2.24) is 9.97 Å². The first-order chi connectivity index (χ1) is 7.24. The van der Waals surface area contributed by atoms with Crippen LogP contribution in [0, 0.1) is 6.92 Å². The number of pyridine rings is 1. The van der Waals surface area contributed by atoms with Crippen molar-refractivity contribution in [2.45, 2.75) is 13.5 Å². The summed E-state index contributed by atoms with van der Waals surface area (Å²) in [6.45, 7) is 2.70. The molecule has 2 aromatic heterocycles. The van der Waals surface area contributed by atoms with Gasteiger partial charge < -0.3 is 5.32 Å². The number of rotatable bonds is 3. The normalized spacial score (nSPS) is 10.3. The minimum Gasteiger partial charge on any atom is -0.377 e. The summed E-state index contributed by atoms with van der Waals surface area (Å²) in [6, 6.07) is 2.04. The van der Waals surface area contributed by atoms with Crippen molar-refractivity contribution in [2.24, 2.45) is 0 Å². The van der Waals surface area contributed by atoms with Crippen molar-refractivity contribution < 1.29 is 0 Å². The summed E-state index contributed by atoms with van der Waals surface area (Å²) in [7, 11) is 0. The fourth-order valence-electron chi connectivity index (χ4n) is 1.20. The number of thiazole rings is 1. The maximum atomic E-state index is 5.78. The van der Waals surface area contributed by atoms with E-state index in [1.165, 1.54) is 11.3 Å². The number of hydrogen-bond acceptors (Lipinski definition) is 4. The standard InChI is InChI=1S/C10H10ClN3S/c1-7-2-8(4-12-3-7)13-6-10-14-5-9(11)15-10/h2-5,13H,6H2,1H3. The molecule has 0 spiro atoms. The van der Waals surface area contributed by atoms with Crippen molar-refractivity contribution in [3.05, 3.63) is 39.6 Å². The summed E-state index contributed by atoms with van der Waals surface area (Å²) >= 11 is 7.27. The van der Waals surface area contributed by atoms with Gasteiger partial charge in [0.05, 0.1) is 18.4 Å². The Morgan fingerprint density at radius 3 is 2.93 bits per heavy atom. The van der Waals surface area contributed by atoms with Crippen LogP contribution in [0.5, 0.6) is 0 Å². The quantitative estimate of drug-likeness (QED) is 0.895. The van der Waals surface area contributed by atoms with Gasteiger partial charge in [0.1, 0.15) is 9.34 Å². The van der Waals surface area contributed by atoms with Crippen LogP contribution in [-0.4, -0.2) is 9.97 Å². The van der Waals surface area contributed by atoms with Gasteiger partial charge in [-0.3, -0.25) is 4.98 Å². The molecule has 0 aromatic carbocycles. The van der Waals surface area contributed by atoms with Crippen LogP contribution in [0.1, 0.15) is 10.6 Å². The highest BCUT2D eigenvalue weighted by Crippen LogP contribution is 2.19. The van der Waals surface area contributed by atoms with Gasteiger partial charge in [0.25, 0.3) is 0 Å². The average molecular weight is 240 g/mol. The summed E-state index contributed by atoms with van der Waals surface area (Å²) in [5.74, 6) is 0. The van der Waals surface area contributed by atoms with E-state index in [1.54, 1.807) is 12.4 Å². The van der Waals surface area contributed by atoms with E-state index in [9.17, 15) is 0 Å². The fraction of sp³-hybridized carbons (Fsp3) is 0.200. The molecule has 5 heteroatoms. The second-order valence-corrected chi connectivity index (χ2v) is 4.91. The molecule has 0 unspecified atom stereocenters. The summed E-state index contributed by atoms with van der Waals surface area (Å²) in [4.78, 5) is 8.25. The second kappa shape index (κ2) is 4.59. The number of hydrogen-bond donors (Lipinski definition) is 1. The van der Waals surface area contributed by atoms with Gasteiger partial charge >= 0.3 is 0 Å². The Morgan fingerprint density at radius 2 is 2.27 bits per heavy atom. The lowest BCUT2D eigenvalue weighted by Gasteiger charge is -2.03. The first-order valence-electron chi connectivity index (χ1n) is 4.50. The largest absolute Gasteiger partial charge is 0.377 e. The molecular formula is C10H10ClN3S. The molecule has 2 heterocycles. The lowest BCUT2D eigenvalue weighted by atomic mass is 10.3. The Kier molecular flexibility index (Phi) is 3.18. The third kappa shape index (κ3) is 2.91. The summed E-state index contributed by atoms with van der Waals surface area (Å²) in [5.41, 5.74) is 2.14. The van der Waals surface area contributed by atoms with Crippen LogP contribution in [0.4, 0.5) is 5.69 Å². The summed E-state index contributed by atoms with van der Waals surface area (Å²) < 4.78 is 0.717. The van der Waals surface area contributed by atoms with E-state index in [-0.39, 0.29) is 0 Å². The number of aryl methyl sites for hydroxylation is 1. The molecule has 0 fully saturated rings. The van der Waals surface area contributed by atoms with Crippen LogP contribution >= 0.6 is 22.9 Å². The van der Waals surface area contributed by atoms with Crippen LogP contribution < -0.4 is 5.32 Å². The molecule has 15 heavy (non-hydrogen) atoms. The van der Waals surface area contributed by atoms with Crippen molar-refractivity contribution in [3.63, 3.8) is 0 Å². The smallest absolute Gasteiger partial charge is 0.113 e. The fourth-order valence-corrected chi connectivity index (χ4v) is 2.10. The predicted octanol–water partition coefficient (Wildman–Crippen LogP) is 3.11. The molecule has 0 bridgehead atoms. The lowest BCUT2D eigenvalue weighted by molar-refractivity contribution is 1.09. The van der Waals surface area contributed by atoms with Gasteiger partial charge in [0.15, 0.2) is 0 Å². The van der Waals surface area contributed by atoms with Crippen molar-refractivity contribution in [2.75, 3.05) is 5.32 Å². The molecule has 0 radical (unpaired) electrons. The molecule has 0 aliphatic carbocycles. The zero-order valence-electron chi connectivity index (χ0n) is 8.20. The van der Waals surface area contributed by atoms with Crippen molar-refractivity contribution >= 4 is 28.6 Å². The Hall–Kier alpha value is -1.13. The molecule has 0 saturated carbocycles. The molecule has 0 atom stereocenters. The number of nitrogens with zero attached hydrogens (tertiary/aromatic N) is 2. The maximum Gasteiger partial charge on any atom is 0.113 e. The first-order valence-corrected chi connectivity index (χ1v) is 5.69. The molecular weight excluding hydrogens is 230 g/mol. The Labute approximate surface area is 97.2 Å². The summed E-state index contributed by atoms with van der Waals surface area (Å²) in [6.07, 6.45) is 5.28. The van der Waals surface area contributed by atoms with Crippen LogP contribution in [0.2, 0.25) is 4.34 Å². The van der Waals surface area contributed by atoms with Gasteiger partial charge in [0, 0.05) is 12.4 Å². The second-order valence-electron chi connectivity index (χ2n) is 3.16. The molecule has 78 valence electrons. The van der Waals surface area contributed by atoms with Crippen molar-refractivity contribution in [1.29, 1.82) is 0 Å². The van der Waals surface area contributed by atoms with Crippen LogP contribution in [-0.2, 0) is 6.54 Å². The monoisotopic (exact) mass is 239 g/mol. The Bertz CT molecular complexity index is 455. The van der Waals surface area contributed by atoms with Gasteiger partial charge in [-0.25, -0.2) is 4.98 Å². The van der Waals surface area contributed by atoms with E-state index in [0.29, 0.717) is 10.9 Å². The van der Waals surface area contributed by atoms with Gasteiger partial charge in [-0.1, -0.05) is 11.6 Å². The summed E-state index contributed by atoms with van der Waals surface area (Å²) in [5, 5.41) is 4.22. The molecule has 2 aromatic rings. The number of halogens is 1. The number of aromatic nitrogens is 2. The third-order valence-corrected chi connectivity index (χ3v) is 2.96. The van der Waals surface area contributed by atoms with E-state index in [4.69, 9.17) is 11.6 Å². The Balaban J connectivity index is 1.99. The maximum absolute atomic E-state index is 5.78. The highest BCUT2D eigenvalue weighted by Gasteiger charge is 1.99. The van der Waals surface area contributed by atoms with E-state index in [2.05, 4.69) is 15.3 Å². The van der Waals surface area contributed by atoms with E-state index in [0.717, 1.165) is 16.3 Å². The molecule has 1 N–H and O–H groups in total. The minimum atomic E-state index is 0.683. The van der Waals surface area contributed by atoms with E-state index in [1.807, 2.05) is 19.2 Å². The molecule has 0 aliphatic rings. The van der Waals surface area contributed by atoms with E-state index >= 15 is 0 Å². The SMILES string of the molecule is Cc1cncc(NCc2ncc(Cl)s2)c1. The Morgan fingerprint density at radius 1 is 1.40 bits per heavy atom. The van der Waals surface area contributed by atoms with Gasteiger partial charge in [-0.2, -0.15) is 0 Å². The minimum absolute atomic E-state index is 0.683. The van der Waals surface area contributed by atoms with Gasteiger partial charge in [-0.05, 0) is 18.6 Å². The van der Waals surface area contributed by atoms with Crippen LogP contribution in [0.3, 0.4) is 0 Å². The molecule has 0 aliphatic heterocycles. The lowest BCUT2D eigenvalue weighted by Crippen LogP contribution is -1.99. The van der Waals surface area contributed by atoms with Gasteiger partial charge in [-0.15, -0.1) is 11.3 Å². The van der Waals surface area contributed by atoms with Crippen molar-refractivity contribution in [3.8, 4) is 0 Å². The first kappa shape index (κ1) is 10.4. The third-order valence-electron chi connectivity index (χ3n) is 1.84. The molecule has 3 nitrogen and oxygen atoms in total. The molecule has 0 saturated heterocycles.